The summed E-state index contributed by atoms with van der Waals surface area (Å²) in [5.74, 6) is -1.73. The summed E-state index contributed by atoms with van der Waals surface area (Å²) < 4.78 is 10.4. The predicted octanol–water partition coefficient (Wildman–Crippen LogP) is 2.00. The van der Waals surface area contributed by atoms with Crippen LogP contribution in [0.15, 0.2) is 30.3 Å². The van der Waals surface area contributed by atoms with E-state index in [1.54, 1.807) is 32.9 Å². The number of benzene rings is 1. The van der Waals surface area contributed by atoms with Crippen molar-refractivity contribution in [1.82, 2.24) is 10.2 Å². The van der Waals surface area contributed by atoms with Crippen LogP contribution in [0.5, 0.6) is 0 Å². The number of carbonyl (C=O) groups is 3. The molecular formula is C20H25N3O5. The maximum absolute atomic E-state index is 12.7. The Kier molecular flexibility index (Phi) is 6.99. The summed E-state index contributed by atoms with van der Waals surface area (Å²) >= 11 is 0. The van der Waals surface area contributed by atoms with E-state index in [1.165, 1.54) is 4.90 Å². The van der Waals surface area contributed by atoms with Crippen LogP contribution in [0.25, 0.3) is 0 Å². The molecule has 1 aromatic rings. The first-order valence-electron chi connectivity index (χ1n) is 9.07. The van der Waals surface area contributed by atoms with Crippen molar-refractivity contribution in [3.63, 3.8) is 0 Å². The summed E-state index contributed by atoms with van der Waals surface area (Å²) in [7, 11) is 0. The Balaban J connectivity index is 1.96. The molecule has 8 nitrogen and oxygen atoms in total. The number of rotatable bonds is 5. The first kappa shape index (κ1) is 21.2. The summed E-state index contributed by atoms with van der Waals surface area (Å²) in [5, 5.41) is 11.8. The van der Waals surface area contributed by atoms with Gasteiger partial charge >= 0.3 is 12.1 Å². The molecule has 2 rings (SSSR count). The number of alkyl carbamates (subject to hydrolysis) is 1. The molecule has 0 radical (unpaired) electrons. The average Bonchev–Trinajstić information content (AvgIpc) is 2.63. The molecule has 0 spiro atoms. The van der Waals surface area contributed by atoms with Gasteiger partial charge in [-0.05, 0) is 32.8 Å². The van der Waals surface area contributed by atoms with E-state index >= 15 is 0 Å². The quantitative estimate of drug-likeness (QED) is 0.774. The molecule has 1 N–H and O–H groups in total. The third-order valence-electron chi connectivity index (χ3n) is 4.08. The number of likely N-dealkylation sites (tertiary alicyclic amines) is 1. The minimum atomic E-state index is -1.07. The smallest absolute Gasteiger partial charge is 0.408 e. The molecule has 1 aliphatic rings. The van der Waals surface area contributed by atoms with Crippen molar-refractivity contribution in [2.45, 2.75) is 45.4 Å². The maximum atomic E-state index is 12.7. The van der Waals surface area contributed by atoms with E-state index in [0.717, 1.165) is 5.56 Å². The molecule has 28 heavy (non-hydrogen) atoms. The molecule has 0 unspecified atom stereocenters. The van der Waals surface area contributed by atoms with Gasteiger partial charge in [0.2, 0.25) is 5.91 Å². The van der Waals surface area contributed by atoms with Crippen LogP contribution in [0.1, 0.15) is 32.8 Å². The number of esters is 1. The van der Waals surface area contributed by atoms with E-state index in [0.29, 0.717) is 6.42 Å². The van der Waals surface area contributed by atoms with E-state index in [4.69, 9.17) is 9.47 Å². The van der Waals surface area contributed by atoms with Gasteiger partial charge in [0.1, 0.15) is 24.8 Å². The van der Waals surface area contributed by atoms with Crippen LogP contribution in [0.4, 0.5) is 4.79 Å². The fourth-order valence-electron chi connectivity index (χ4n) is 2.82. The number of hydrogen-bond donors (Lipinski definition) is 1. The maximum Gasteiger partial charge on any atom is 0.408 e. The van der Waals surface area contributed by atoms with Crippen molar-refractivity contribution in [2.75, 3.05) is 13.1 Å². The summed E-state index contributed by atoms with van der Waals surface area (Å²) in [6, 6.07) is 10.1. The Bertz CT molecular complexity index is 751. The molecule has 1 saturated heterocycles. The number of carbonyl (C=O) groups excluding carboxylic acids is 3. The van der Waals surface area contributed by atoms with Crippen molar-refractivity contribution in [2.24, 2.45) is 5.92 Å². The van der Waals surface area contributed by atoms with Crippen molar-refractivity contribution >= 4 is 18.0 Å². The third-order valence-corrected chi connectivity index (χ3v) is 4.08. The van der Waals surface area contributed by atoms with Crippen LogP contribution in [0.3, 0.4) is 0 Å². The van der Waals surface area contributed by atoms with E-state index < -0.39 is 35.5 Å². The molecule has 8 heteroatoms. The summed E-state index contributed by atoms with van der Waals surface area (Å²) in [4.78, 5) is 38.1. The number of nitriles is 1. The minimum absolute atomic E-state index is 0.0480. The van der Waals surface area contributed by atoms with Gasteiger partial charge in [0, 0.05) is 6.54 Å². The molecule has 1 fully saturated rings. The average molecular weight is 387 g/mol. The predicted molar refractivity (Wildman–Crippen MR) is 99.7 cm³/mol. The number of nitrogens with zero attached hydrogens (tertiary/aromatic N) is 2. The standard InChI is InChI=1S/C20H25N3O5/c1-20(2,3)28-16(24)12-23-10-9-15(11-21)17(18(23)25)22-19(26)27-13-14-7-5-4-6-8-14/h4-8,15,17H,9-10,12-13H2,1-3H3,(H,22,26)/t15-,17-/m0/s1. The van der Waals surface area contributed by atoms with Crippen molar-refractivity contribution in [3.8, 4) is 6.07 Å². The zero-order valence-electron chi connectivity index (χ0n) is 16.3. The number of ether oxygens (including phenoxy) is 2. The first-order chi connectivity index (χ1) is 13.2. The summed E-state index contributed by atoms with van der Waals surface area (Å²) in [6.07, 6.45) is -0.448. The lowest BCUT2D eigenvalue weighted by molar-refractivity contribution is -0.160. The van der Waals surface area contributed by atoms with E-state index in [9.17, 15) is 19.6 Å². The van der Waals surface area contributed by atoms with Crippen molar-refractivity contribution in [1.29, 1.82) is 5.26 Å². The second-order valence-electron chi connectivity index (χ2n) is 7.55. The van der Waals surface area contributed by atoms with Crippen LogP contribution < -0.4 is 5.32 Å². The SMILES string of the molecule is CC(C)(C)OC(=O)CN1CC[C@@H](C#N)[C@H](NC(=O)OCc2ccccc2)C1=O. The largest absolute Gasteiger partial charge is 0.459 e. The van der Waals surface area contributed by atoms with Gasteiger partial charge in [-0.25, -0.2) is 4.79 Å². The number of amides is 2. The molecule has 0 saturated carbocycles. The molecule has 1 heterocycles. The zero-order valence-corrected chi connectivity index (χ0v) is 16.3. The van der Waals surface area contributed by atoms with Crippen LogP contribution in [0, 0.1) is 17.2 Å². The normalized spacial score (nSPS) is 19.5. The monoisotopic (exact) mass is 387 g/mol. The summed E-state index contributed by atoms with van der Waals surface area (Å²) in [6.45, 7) is 5.27. The van der Waals surface area contributed by atoms with Crippen LogP contribution in [-0.4, -0.2) is 47.6 Å². The topological polar surface area (TPSA) is 109 Å². The van der Waals surface area contributed by atoms with Crippen LogP contribution in [-0.2, 0) is 25.7 Å². The lowest BCUT2D eigenvalue weighted by Gasteiger charge is -2.35. The lowest BCUT2D eigenvalue weighted by Crippen LogP contribution is -2.57. The summed E-state index contributed by atoms with van der Waals surface area (Å²) in [5.41, 5.74) is 0.139. The van der Waals surface area contributed by atoms with Gasteiger partial charge in [-0.15, -0.1) is 0 Å². The molecule has 2 atom stereocenters. The Morgan fingerprint density at radius 3 is 2.57 bits per heavy atom. The van der Waals surface area contributed by atoms with Gasteiger partial charge in [0.15, 0.2) is 0 Å². The van der Waals surface area contributed by atoms with E-state index in [1.807, 2.05) is 24.3 Å². The molecule has 1 aliphatic heterocycles. The van der Waals surface area contributed by atoms with Crippen molar-refractivity contribution in [3.05, 3.63) is 35.9 Å². The fraction of sp³-hybridized carbons (Fsp3) is 0.500. The molecule has 1 aromatic carbocycles. The highest BCUT2D eigenvalue weighted by atomic mass is 16.6. The zero-order chi connectivity index (χ0) is 20.7. The lowest BCUT2D eigenvalue weighted by atomic mass is 9.92. The highest BCUT2D eigenvalue weighted by Crippen LogP contribution is 2.19. The minimum Gasteiger partial charge on any atom is -0.459 e. The molecule has 0 bridgehead atoms. The number of piperidine rings is 1. The Labute approximate surface area is 164 Å². The third kappa shape index (κ3) is 6.27. The number of hydrogen-bond acceptors (Lipinski definition) is 6. The van der Waals surface area contributed by atoms with Gasteiger partial charge in [0.25, 0.3) is 0 Å². The van der Waals surface area contributed by atoms with Gasteiger partial charge in [0.05, 0.1) is 12.0 Å². The van der Waals surface area contributed by atoms with E-state index in [2.05, 4.69) is 5.32 Å². The highest BCUT2D eigenvalue weighted by molar-refractivity contribution is 5.89. The van der Waals surface area contributed by atoms with Gasteiger partial charge in [-0.3, -0.25) is 9.59 Å². The molecule has 0 aliphatic carbocycles. The molecular weight excluding hydrogens is 362 g/mol. The Hall–Kier alpha value is -3.08. The van der Waals surface area contributed by atoms with Gasteiger partial charge < -0.3 is 19.7 Å². The van der Waals surface area contributed by atoms with Crippen molar-refractivity contribution < 1.29 is 23.9 Å². The van der Waals surface area contributed by atoms with E-state index in [-0.39, 0.29) is 19.7 Å². The molecule has 2 amide bonds. The molecule has 150 valence electrons. The Morgan fingerprint density at radius 2 is 1.96 bits per heavy atom. The van der Waals surface area contributed by atoms with Gasteiger partial charge in [-0.2, -0.15) is 5.26 Å². The molecule has 0 aromatic heterocycles. The van der Waals surface area contributed by atoms with Crippen LogP contribution >= 0.6 is 0 Å². The number of nitrogens with one attached hydrogen (secondary N) is 1. The van der Waals surface area contributed by atoms with Crippen LogP contribution in [0.2, 0.25) is 0 Å². The Morgan fingerprint density at radius 1 is 1.29 bits per heavy atom. The second-order valence-corrected chi connectivity index (χ2v) is 7.55. The fourth-order valence-corrected chi connectivity index (χ4v) is 2.82. The second kappa shape index (κ2) is 9.22. The van der Waals surface area contributed by atoms with Gasteiger partial charge in [-0.1, -0.05) is 30.3 Å². The first-order valence-corrected chi connectivity index (χ1v) is 9.07. The highest BCUT2D eigenvalue weighted by Gasteiger charge is 2.39.